The third kappa shape index (κ3) is 6.24. The van der Waals surface area contributed by atoms with Crippen molar-refractivity contribution in [2.45, 2.75) is 45.6 Å². The van der Waals surface area contributed by atoms with E-state index in [9.17, 15) is 9.59 Å². The normalized spacial score (nSPS) is 12.1. The number of carbonyl (C=O) groups excluding carboxylic acids is 2. The minimum atomic E-state index is -0.912. The maximum Gasteiger partial charge on any atom is 0.311 e. The number of methoxy groups -OCH3 is 2. The minimum absolute atomic E-state index is 0.0260. The molecule has 156 valence electrons. The van der Waals surface area contributed by atoms with Crippen molar-refractivity contribution in [3.8, 4) is 11.5 Å². The molecule has 0 fully saturated rings. The SMILES string of the molecule is COc1ccc(CC(=O)O[C@H](C)C(=O)Nc2ccc(C(C)(C)C)cc2)cc1OC. The molecule has 0 bridgehead atoms. The van der Waals surface area contributed by atoms with Crippen molar-refractivity contribution in [2.75, 3.05) is 19.5 Å². The fourth-order valence-electron chi connectivity index (χ4n) is 2.75. The van der Waals surface area contributed by atoms with E-state index in [2.05, 4.69) is 26.1 Å². The third-order valence-electron chi connectivity index (χ3n) is 4.49. The Morgan fingerprint density at radius 3 is 2.14 bits per heavy atom. The molecule has 0 aliphatic rings. The van der Waals surface area contributed by atoms with Gasteiger partial charge in [-0.15, -0.1) is 0 Å². The topological polar surface area (TPSA) is 73.9 Å². The van der Waals surface area contributed by atoms with Crippen LogP contribution in [0.5, 0.6) is 11.5 Å². The van der Waals surface area contributed by atoms with Gasteiger partial charge in [0.1, 0.15) is 0 Å². The number of ether oxygens (including phenoxy) is 3. The number of hydrogen-bond donors (Lipinski definition) is 1. The molecule has 0 saturated heterocycles. The summed E-state index contributed by atoms with van der Waals surface area (Å²) < 4.78 is 15.7. The fraction of sp³-hybridized carbons (Fsp3) is 0.391. The average molecular weight is 399 g/mol. The first kappa shape index (κ1) is 22.3. The van der Waals surface area contributed by atoms with Gasteiger partial charge in [-0.1, -0.05) is 39.0 Å². The molecule has 1 amide bonds. The number of amides is 1. The van der Waals surface area contributed by atoms with E-state index >= 15 is 0 Å². The predicted octanol–water partition coefficient (Wildman–Crippen LogP) is 4.11. The highest BCUT2D eigenvalue weighted by Gasteiger charge is 2.19. The Morgan fingerprint density at radius 1 is 0.966 bits per heavy atom. The second kappa shape index (κ2) is 9.45. The van der Waals surface area contributed by atoms with Crippen LogP contribution in [0.2, 0.25) is 0 Å². The number of rotatable bonds is 7. The monoisotopic (exact) mass is 399 g/mol. The zero-order valence-corrected chi connectivity index (χ0v) is 17.9. The van der Waals surface area contributed by atoms with Crippen LogP contribution in [-0.4, -0.2) is 32.2 Å². The molecule has 0 aliphatic heterocycles. The molecule has 29 heavy (non-hydrogen) atoms. The van der Waals surface area contributed by atoms with Gasteiger partial charge < -0.3 is 19.5 Å². The second-order valence-electron chi connectivity index (χ2n) is 7.81. The molecule has 0 radical (unpaired) electrons. The summed E-state index contributed by atoms with van der Waals surface area (Å²) in [6.45, 7) is 7.92. The lowest BCUT2D eigenvalue weighted by atomic mass is 9.87. The zero-order valence-electron chi connectivity index (χ0n) is 17.9. The maximum atomic E-state index is 12.3. The summed E-state index contributed by atoms with van der Waals surface area (Å²) in [7, 11) is 3.07. The van der Waals surface area contributed by atoms with Gasteiger partial charge in [0.05, 0.1) is 20.6 Å². The summed E-state index contributed by atoms with van der Waals surface area (Å²) in [6.07, 6.45) is -0.886. The van der Waals surface area contributed by atoms with Crippen LogP contribution in [-0.2, 0) is 26.2 Å². The first-order chi connectivity index (χ1) is 13.6. The lowest BCUT2D eigenvalue weighted by molar-refractivity contribution is -0.152. The number of esters is 1. The van der Waals surface area contributed by atoms with Crippen LogP contribution in [0.4, 0.5) is 5.69 Å². The molecular formula is C23H29NO5. The van der Waals surface area contributed by atoms with Gasteiger partial charge in [0.25, 0.3) is 5.91 Å². The molecule has 2 rings (SSSR count). The molecule has 0 aliphatic carbocycles. The molecule has 0 spiro atoms. The molecule has 6 nitrogen and oxygen atoms in total. The Labute approximate surface area is 172 Å². The highest BCUT2D eigenvalue weighted by Crippen LogP contribution is 2.28. The van der Waals surface area contributed by atoms with E-state index in [1.165, 1.54) is 12.7 Å². The van der Waals surface area contributed by atoms with Gasteiger partial charge in [-0.25, -0.2) is 0 Å². The van der Waals surface area contributed by atoms with Gasteiger partial charge in [0, 0.05) is 5.69 Å². The second-order valence-corrected chi connectivity index (χ2v) is 7.81. The maximum absolute atomic E-state index is 12.3. The fourth-order valence-corrected chi connectivity index (χ4v) is 2.75. The number of hydrogen-bond acceptors (Lipinski definition) is 5. The Kier molecular flexibility index (Phi) is 7.26. The van der Waals surface area contributed by atoms with Gasteiger partial charge in [-0.2, -0.15) is 0 Å². The van der Waals surface area contributed by atoms with E-state index in [4.69, 9.17) is 14.2 Å². The number of carbonyl (C=O) groups is 2. The van der Waals surface area contributed by atoms with Crippen molar-refractivity contribution in [1.82, 2.24) is 0 Å². The number of nitrogens with one attached hydrogen (secondary N) is 1. The van der Waals surface area contributed by atoms with E-state index in [1.807, 2.05) is 24.3 Å². The summed E-state index contributed by atoms with van der Waals surface area (Å²) in [4.78, 5) is 24.6. The van der Waals surface area contributed by atoms with Crippen molar-refractivity contribution in [3.05, 3.63) is 53.6 Å². The summed E-state index contributed by atoms with van der Waals surface area (Å²) in [5, 5.41) is 2.77. The highest BCUT2D eigenvalue weighted by molar-refractivity contribution is 5.95. The van der Waals surface area contributed by atoms with Gasteiger partial charge in [0.15, 0.2) is 17.6 Å². The minimum Gasteiger partial charge on any atom is -0.493 e. The Morgan fingerprint density at radius 2 is 1.59 bits per heavy atom. The molecule has 1 atom stereocenters. The quantitative estimate of drug-likeness (QED) is 0.709. The van der Waals surface area contributed by atoms with E-state index < -0.39 is 12.1 Å². The first-order valence-corrected chi connectivity index (χ1v) is 9.46. The van der Waals surface area contributed by atoms with Crippen molar-refractivity contribution in [3.63, 3.8) is 0 Å². The van der Waals surface area contributed by atoms with E-state index in [1.54, 1.807) is 32.2 Å². The average Bonchev–Trinajstić information content (AvgIpc) is 2.67. The van der Waals surface area contributed by atoms with Gasteiger partial charge in [0.2, 0.25) is 0 Å². The van der Waals surface area contributed by atoms with Crippen molar-refractivity contribution in [1.29, 1.82) is 0 Å². The zero-order chi connectivity index (χ0) is 21.6. The van der Waals surface area contributed by atoms with E-state index in [-0.39, 0.29) is 17.7 Å². The lowest BCUT2D eigenvalue weighted by Gasteiger charge is -2.19. The summed E-state index contributed by atoms with van der Waals surface area (Å²) >= 11 is 0. The van der Waals surface area contributed by atoms with Crippen LogP contribution in [0.3, 0.4) is 0 Å². The van der Waals surface area contributed by atoms with E-state index in [0.29, 0.717) is 22.7 Å². The Hall–Kier alpha value is -3.02. The van der Waals surface area contributed by atoms with Gasteiger partial charge >= 0.3 is 5.97 Å². The molecule has 0 unspecified atom stereocenters. The molecule has 6 heteroatoms. The molecule has 1 N–H and O–H groups in total. The molecular weight excluding hydrogens is 370 g/mol. The van der Waals surface area contributed by atoms with Crippen molar-refractivity contribution < 1.29 is 23.8 Å². The molecule has 0 saturated carbocycles. The van der Waals surface area contributed by atoms with Crippen LogP contribution >= 0.6 is 0 Å². The molecule has 2 aromatic carbocycles. The summed E-state index contributed by atoms with van der Waals surface area (Å²) in [5.74, 6) is 0.231. The van der Waals surface area contributed by atoms with Crippen LogP contribution in [0, 0.1) is 0 Å². The molecule has 2 aromatic rings. The van der Waals surface area contributed by atoms with Crippen LogP contribution < -0.4 is 14.8 Å². The first-order valence-electron chi connectivity index (χ1n) is 9.46. The lowest BCUT2D eigenvalue weighted by Crippen LogP contribution is -2.30. The Balaban J connectivity index is 1.92. The van der Waals surface area contributed by atoms with E-state index in [0.717, 1.165) is 0 Å². The third-order valence-corrected chi connectivity index (χ3v) is 4.49. The summed E-state index contributed by atoms with van der Waals surface area (Å²) in [5.41, 5.74) is 2.57. The standard InChI is InChI=1S/C23H29NO5/c1-15(22(26)24-18-10-8-17(9-11-18)23(2,3)4)29-21(25)14-16-7-12-19(27-5)20(13-16)28-6/h7-13,15H,14H2,1-6H3,(H,24,26)/t15-/m1/s1. The van der Waals surface area contributed by atoms with Gasteiger partial charge in [-0.3, -0.25) is 9.59 Å². The predicted molar refractivity (Wildman–Crippen MR) is 113 cm³/mol. The number of benzene rings is 2. The molecule has 0 heterocycles. The van der Waals surface area contributed by atoms with Crippen molar-refractivity contribution >= 4 is 17.6 Å². The highest BCUT2D eigenvalue weighted by atomic mass is 16.5. The number of anilines is 1. The van der Waals surface area contributed by atoms with Crippen LogP contribution in [0.15, 0.2) is 42.5 Å². The smallest absolute Gasteiger partial charge is 0.311 e. The molecule has 0 aromatic heterocycles. The van der Waals surface area contributed by atoms with Crippen LogP contribution in [0.25, 0.3) is 0 Å². The van der Waals surface area contributed by atoms with Gasteiger partial charge in [-0.05, 0) is 47.7 Å². The van der Waals surface area contributed by atoms with Crippen molar-refractivity contribution in [2.24, 2.45) is 0 Å². The van der Waals surface area contributed by atoms with Crippen LogP contribution in [0.1, 0.15) is 38.8 Å². The largest absolute Gasteiger partial charge is 0.493 e. The Bertz CT molecular complexity index is 853. The summed E-state index contributed by atoms with van der Waals surface area (Å²) in [6, 6.07) is 12.8.